The average molecular weight is 492 g/mol. The van der Waals surface area contributed by atoms with Gasteiger partial charge in [0.2, 0.25) is 5.13 Å². The van der Waals surface area contributed by atoms with Gasteiger partial charge in [0.15, 0.2) is 0 Å². The number of hydrazone groups is 1. The summed E-state index contributed by atoms with van der Waals surface area (Å²) in [6.07, 6.45) is 1.77. The number of carbonyl (C=O) groups is 1. The molecule has 0 amide bonds. The van der Waals surface area contributed by atoms with Crippen molar-refractivity contribution in [1.29, 1.82) is 0 Å². The highest BCUT2D eigenvalue weighted by Crippen LogP contribution is 2.21. The number of nitrogens with one attached hydrogen (secondary N) is 1. The van der Waals surface area contributed by atoms with Crippen LogP contribution < -0.4 is 10.2 Å². The van der Waals surface area contributed by atoms with E-state index < -0.39 is 0 Å². The van der Waals surface area contributed by atoms with E-state index in [2.05, 4.69) is 31.4 Å². The first kappa shape index (κ1) is 21.9. The Balaban J connectivity index is 1.55. The molecule has 30 heavy (non-hydrogen) atoms. The van der Waals surface area contributed by atoms with E-state index >= 15 is 0 Å². The maximum absolute atomic E-state index is 13.4. The predicted molar refractivity (Wildman–Crippen MR) is 119 cm³/mol. The van der Waals surface area contributed by atoms with Crippen LogP contribution in [-0.4, -0.2) is 23.8 Å². The summed E-state index contributed by atoms with van der Waals surface area (Å²) in [5.41, 5.74) is 5.02. The molecule has 2 aromatic carbocycles. The lowest BCUT2D eigenvalue weighted by Crippen LogP contribution is -2.07. The summed E-state index contributed by atoms with van der Waals surface area (Å²) in [6, 6.07) is 11.8. The Hall–Kier alpha value is -2.78. The van der Waals surface area contributed by atoms with Gasteiger partial charge in [-0.05, 0) is 42.8 Å². The van der Waals surface area contributed by atoms with Crippen LogP contribution in [0.5, 0.6) is 5.75 Å². The Morgan fingerprint density at radius 2 is 2.20 bits per heavy atom. The molecule has 0 bridgehead atoms. The molecule has 1 heterocycles. The Morgan fingerprint density at radius 3 is 3.03 bits per heavy atom. The molecule has 1 aromatic heterocycles. The Labute approximate surface area is 185 Å². The number of hydrogen-bond acceptors (Lipinski definition) is 7. The van der Waals surface area contributed by atoms with Crippen molar-refractivity contribution in [3.8, 4) is 5.75 Å². The number of halogens is 2. The second-order valence-electron chi connectivity index (χ2n) is 6.09. The summed E-state index contributed by atoms with van der Waals surface area (Å²) in [4.78, 5) is 15.8. The number of carbonyl (C=O) groups excluding carboxylic acids is 1. The van der Waals surface area contributed by atoms with Gasteiger partial charge in [0.25, 0.3) is 0 Å². The van der Waals surface area contributed by atoms with Crippen molar-refractivity contribution < 1.29 is 18.7 Å². The van der Waals surface area contributed by atoms with E-state index in [9.17, 15) is 9.18 Å². The number of aromatic nitrogens is 1. The van der Waals surface area contributed by atoms with Gasteiger partial charge in [0.05, 0.1) is 24.9 Å². The largest absolute Gasteiger partial charge is 0.489 e. The number of nitrogens with zero attached hydrogens (tertiary/aromatic N) is 2. The topological polar surface area (TPSA) is 72.8 Å². The number of rotatable bonds is 9. The van der Waals surface area contributed by atoms with Gasteiger partial charge in [-0.3, -0.25) is 10.2 Å². The van der Waals surface area contributed by atoms with Crippen molar-refractivity contribution in [3.63, 3.8) is 0 Å². The van der Waals surface area contributed by atoms with Crippen molar-refractivity contribution in [3.05, 3.63) is 75.0 Å². The van der Waals surface area contributed by atoms with E-state index in [1.165, 1.54) is 23.5 Å². The summed E-state index contributed by atoms with van der Waals surface area (Å²) in [6.45, 7) is 2.35. The summed E-state index contributed by atoms with van der Waals surface area (Å²) in [7, 11) is 0. The lowest BCUT2D eigenvalue weighted by atomic mass is 10.2. The monoisotopic (exact) mass is 491 g/mol. The van der Waals surface area contributed by atoms with Gasteiger partial charge in [-0.15, -0.1) is 11.3 Å². The third-order valence-electron chi connectivity index (χ3n) is 3.82. The molecule has 0 aliphatic heterocycles. The molecule has 0 saturated carbocycles. The summed E-state index contributed by atoms with van der Waals surface area (Å²) >= 11 is 4.74. The van der Waals surface area contributed by atoms with Crippen LogP contribution in [0, 0.1) is 5.82 Å². The molecule has 3 aromatic rings. The Bertz CT molecular complexity index is 1040. The molecule has 156 valence electrons. The number of benzene rings is 2. The predicted octanol–water partition coefficient (Wildman–Crippen LogP) is 5.18. The Morgan fingerprint density at radius 1 is 1.33 bits per heavy atom. The van der Waals surface area contributed by atoms with Gasteiger partial charge in [-0.1, -0.05) is 28.1 Å². The molecular weight excluding hydrogens is 473 g/mol. The van der Waals surface area contributed by atoms with Gasteiger partial charge in [-0.25, -0.2) is 9.37 Å². The second-order valence-corrected chi connectivity index (χ2v) is 7.81. The van der Waals surface area contributed by atoms with Gasteiger partial charge in [-0.2, -0.15) is 5.10 Å². The second kappa shape index (κ2) is 10.8. The standard InChI is InChI=1S/C21H19BrFN3O3S/c1-2-28-20(27)10-17-13-30-21(25-17)26-24-11-14-4-3-5-18(8-14)29-12-15-9-16(23)6-7-19(15)22/h3-9,11,13H,2,10,12H2,1H3,(H,25,26). The highest BCUT2D eigenvalue weighted by Gasteiger charge is 2.08. The molecule has 0 fully saturated rings. The highest BCUT2D eigenvalue weighted by atomic mass is 79.9. The van der Waals surface area contributed by atoms with E-state index in [4.69, 9.17) is 9.47 Å². The number of thiazole rings is 1. The van der Waals surface area contributed by atoms with E-state index in [0.29, 0.717) is 23.2 Å². The lowest BCUT2D eigenvalue weighted by Gasteiger charge is -2.08. The first-order chi connectivity index (χ1) is 14.5. The van der Waals surface area contributed by atoms with Crippen LogP contribution >= 0.6 is 27.3 Å². The molecule has 0 saturated heterocycles. The third-order valence-corrected chi connectivity index (χ3v) is 5.39. The Kier molecular flexibility index (Phi) is 7.92. The molecular formula is C21H19BrFN3O3S. The number of anilines is 1. The smallest absolute Gasteiger partial charge is 0.311 e. The molecule has 0 atom stereocenters. The normalized spacial score (nSPS) is 10.9. The third kappa shape index (κ3) is 6.64. The highest BCUT2D eigenvalue weighted by molar-refractivity contribution is 9.10. The molecule has 0 aliphatic rings. The maximum Gasteiger partial charge on any atom is 0.311 e. The molecule has 3 rings (SSSR count). The van der Waals surface area contributed by atoms with Gasteiger partial charge in [0, 0.05) is 15.4 Å². The molecule has 9 heteroatoms. The van der Waals surface area contributed by atoms with Crippen molar-refractivity contribution in [2.45, 2.75) is 20.0 Å². The van der Waals surface area contributed by atoms with Crippen molar-refractivity contribution in [2.24, 2.45) is 5.10 Å². The zero-order valence-electron chi connectivity index (χ0n) is 16.1. The zero-order valence-corrected chi connectivity index (χ0v) is 18.5. The molecule has 0 spiro atoms. The van der Waals surface area contributed by atoms with Gasteiger partial charge < -0.3 is 9.47 Å². The summed E-state index contributed by atoms with van der Waals surface area (Å²) < 4.78 is 24.8. The quantitative estimate of drug-likeness (QED) is 0.253. The van der Waals surface area contributed by atoms with Crippen LogP contribution in [0.1, 0.15) is 23.7 Å². The van der Waals surface area contributed by atoms with E-state index in [0.717, 1.165) is 15.6 Å². The molecule has 1 N–H and O–H groups in total. The average Bonchev–Trinajstić information content (AvgIpc) is 3.16. The van der Waals surface area contributed by atoms with Crippen LogP contribution in [0.25, 0.3) is 0 Å². The number of esters is 1. The summed E-state index contributed by atoms with van der Waals surface area (Å²) in [5.74, 6) is 0.0253. The molecule has 0 radical (unpaired) electrons. The molecule has 0 unspecified atom stereocenters. The van der Waals surface area contributed by atoms with E-state index in [1.807, 2.05) is 24.3 Å². The van der Waals surface area contributed by atoms with Crippen molar-refractivity contribution in [1.82, 2.24) is 4.98 Å². The number of ether oxygens (including phenoxy) is 2. The summed E-state index contributed by atoms with van der Waals surface area (Å²) in [5, 5.41) is 6.53. The van der Waals surface area contributed by atoms with Crippen molar-refractivity contribution >= 4 is 44.6 Å². The number of hydrogen-bond donors (Lipinski definition) is 1. The van der Waals surface area contributed by atoms with Crippen LogP contribution in [0.4, 0.5) is 9.52 Å². The van der Waals surface area contributed by atoms with Crippen LogP contribution in [0.3, 0.4) is 0 Å². The zero-order chi connectivity index (χ0) is 21.3. The van der Waals surface area contributed by atoms with Crippen LogP contribution in [0.15, 0.2) is 57.4 Å². The molecule has 6 nitrogen and oxygen atoms in total. The van der Waals surface area contributed by atoms with Crippen LogP contribution in [-0.2, 0) is 22.6 Å². The fraction of sp³-hybridized carbons (Fsp3) is 0.190. The van der Waals surface area contributed by atoms with Gasteiger partial charge in [0.1, 0.15) is 18.2 Å². The van der Waals surface area contributed by atoms with E-state index in [-0.39, 0.29) is 24.8 Å². The van der Waals surface area contributed by atoms with Crippen LogP contribution in [0.2, 0.25) is 0 Å². The molecule has 0 aliphatic carbocycles. The fourth-order valence-corrected chi connectivity index (χ4v) is 3.48. The maximum atomic E-state index is 13.4. The minimum atomic E-state index is -0.309. The SMILES string of the molecule is CCOC(=O)Cc1csc(NN=Cc2cccc(OCc3cc(F)ccc3Br)c2)n1. The van der Waals surface area contributed by atoms with Crippen molar-refractivity contribution in [2.75, 3.05) is 12.0 Å². The van der Waals surface area contributed by atoms with Gasteiger partial charge >= 0.3 is 5.97 Å². The first-order valence-electron chi connectivity index (χ1n) is 9.09. The van der Waals surface area contributed by atoms with E-state index in [1.54, 1.807) is 24.6 Å². The minimum absolute atomic E-state index is 0.135. The lowest BCUT2D eigenvalue weighted by molar-refractivity contribution is -0.142. The first-order valence-corrected chi connectivity index (χ1v) is 10.8. The fourth-order valence-electron chi connectivity index (χ4n) is 2.46. The minimum Gasteiger partial charge on any atom is -0.489 e.